The third-order valence-electron chi connectivity index (χ3n) is 3.17. The van der Waals surface area contributed by atoms with Crippen LogP contribution in [0.15, 0.2) is 12.2 Å². The van der Waals surface area contributed by atoms with Crippen molar-refractivity contribution in [2.45, 2.75) is 59.3 Å². The quantitative estimate of drug-likeness (QED) is 0.569. The van der Waals surface area contributed by atoms with Gasteiger partial charge in [-0.25, -0.2) is 0 Å². The maximum Gasteiger partial charge on any atom is 0.0431 e. The monoisotopic (exact) mass is 212 g/mol. The number of hydrogen-bond donors (Lipinski definition) is 1. The summed E-state index contributed by atoms with van der Waals surface area (Å²) in [7, 11) is 0. The van der Waals surface area contributed by atoms with Gasteiger partial charge in [0.25, 0.3) is 0 Å². The van der Waals surface area contributed by atoms with Crippen LogP contribution in [0.1, 0.15) is 59.3 Å². The summed E-state index contributed by atoms with van der Waals surface area (Å²) in [5, 5.41) is 8.77. The Morgan fingerprint density at radius 3 is 2.40 bits per heavy atom. The molecule has 0 rings (SSSR count). The molecule has 0 radical (unpaired) electrons. The molecule has 0 aliphatic heterocycles. The van der Waals surface area contributed by atoms with Gasteiger partial charge >= 0.3 is 0 Å². The van der Waals surface area contributed by atoms with Crippen LogP contribution < -0.4 is 0 Å². The van der Waals surface area contributed by atoms with Crippen LogP contribution in [0, 0.1) is 11.8 Å². The molecule has 0 bridgehead atoms. The maximum atomic E-state index is 8.77. The lowest BCUT2D eigenvalue weighted by atomic mass is 9.86. The van der Waals surface area contributed by atoms with E-state index in [1.54, 1.807) is 0 Å². The summed E-state index contributed by atoms with van der Waals surface area (Å²) < 4.78 is 0. The van der Waals surface area contributed by atoms with Gasteiger partial charge in [0.2, 0.25) is 0 Å². The molecule has 15 heavy (non-hydrogen) atoms. The van der Waals surface area contributed by atoms with Gasteiger partial charge in [-0.1, -0.05) is 39.3 Å². The van der Waals surface area contributed by atoms with E-state index in [1.165, 1.54) is 24.8 Å². The minimum absolute atomic E-state index is 0.322. The molecular weight excluding hydrogens is 184 g/mol. The highest BCUT2D eigenvalue weighted by atomic mass is 16.2. The van der Waals surface area contributed by atoms with Crippen LogP contribution in [-0.2, 0) is 0 Å². The van der Waals surface area contributed by atoms with E-state index in [2.05, 4.69) is 27.4 Å². The molecule has 0 heterocycles. The van der Waals surface area contributed by atoms with E-state index >= 15 is 0 Å². The van der Waals surface area contributed by atoms with E-state index in [-0.39, 0.29) is 0 Å². The standard InChI is InChI=1S/C14H28O/c1-5-8-14(6-2)13(4)11-12(3)9-7-10-15/h12,14-15H,4-11H2,1-3H3/t12?,14-/m1/s1. The largest absolute Gasteiger partial charge is 0.396 e. The molecule has 0 aromatic carbocycles. The smallest absolute Gasteiger partial charge is 0.0431 e. The van der Waals surface area contributed by atoms with E-state index in [0.29, 0.717) is 18.4 Å². The fourth-order valence-electron chi connectivity index (χ4n) is 2.20. The highest BCUT2D eigenvalue weighted by molar-refractivity contribution is 5.01. The normalized spacial score (nSPS) is 14.9. The van der Waals surface area contributed by atoms with Gasteiger partial charge in [-0.15, -0.1) is 0 Å². The molecule has 1 N–H and O–H groups in total. The number of aliphatic hydroxyl groups is 1. The van der Waals surface area contributed by atoms with Crippen molar-refractivity contribution in [2.75, 3.05) is 6.61 Å². The Bertz CT molecular complexity index is 163. The lowest BCUT2D eigenvalue weighted by Crippen LogP contribution is -2.06. The summed E-state index contributed by atoms with van der Waals surface area (Å²) in [5.74, 6) is 1.39. The minimum Gasteiger partial charge on any atom is -0.396 e. The molecule has 1 nitrogen and oxygen atoms in total. The zero-order valence-electron chi connectivity index (χ0n) is 10.8. The Kier molecular flexibility index (Phi) is 8.79. The second-order valence-electron chi connectivity index (χ2n) is 4.73. The Morgan fingerprint density at radius 2 is 1.93 bits per heavy atom. The van der Waals surface area contributed by atoms with E-state index in [9.17, 15) is 0 Å². The first-order chi connectivity index (χ1) is 7.15. The summed E-state index contributed by atoms with van der Waals surface area (Å²) in [6, 6.07) is 0. The third kappa shape index (κ3) is 6.72. The fourth-order valence-corrected chi connectivity index (χ4v) is 2.20. The molecule has 90 valence electrons. The second kappa shape index (κ2) is 8.96. The van der Waals surface area contributed by atoms with Crippen LogP contribution in [0.2, 0.25) is 0 Å². The van der Waals surface area contributed by atoms with Crippen molar-refractivity contribution in [2.24, 2.45) is 11.8 Å². The van der Waals surface area contributed by atoms with Gasteiger partial charge in [0.1, 0.15) is 0 Å². The molecule has 1 heteroatoms. The summed E-state index contributed by atoms with van der Waals surface area (Å²) in [6.45, 7) is 11.3. The Morgan fingerprint density at radius 1 is 1.27 bits per heavy atom. The van der Waals surface area contributed by atoms with Crippen molar-refractivity contribution in [1.29, 1.82) is 0 Å². The second-order valence-corrected chi connectivity index (χ2v) is 4.73. The fraction of sp³-hybridized carbons (Fsp3) is 0.857. The Balaban J connectivity index is 3.87. The highest BCUT2D eigenvalue weighted by Crippen LogP contribution is 2.26. The molecule has 0 aromatic rings. The first-order valence-corrected chi connectivity index (χ1v) is 6.44. The molecule has 2 atom stereocenters. The lowest BCUT2D eigenvalue weighted by molar-refractivity contribution is 0.272. The van der Waals surface area contributed by atoms with Gasteiger partial charge in [0.15, 0.2) is 0 Å². The molecular formula is C14H28O. The van der Waals surface area contributed by atoms with Crippen LogP contribution in [0.5, 0.6) is 0 Å². The van der Waals surface area contributed by atoms with Gasteiger partial charge in [-0.05, 0) is 43.9 Å². The minimum atomic E-state index is 0.322. The Hall–Kier alpha value is -0.300. The van der Waals surface area contributed by atoms with E-state index in [4.69, 9.17) is 5.11 Å². The summed E-state index contributed by atoms with van der Waals surface area (Å²) in [5.41, 5.74) is 1.42. The van der Waals surface area contributed by atoms with Gasteiger partial charge < -0.3 is 5.11 Å². The molecule has 0 aliphatic rings. The van der Waals surface area contributed by atoms with Crippen LogP contribution >= 0.6 is 0 Å². The maximum absolute atomic E-state index is 8.77. The van der Waals surface area contributed by atoms with Gasteiger partial charge in [0.05, 0.1) is 0 Å². The highest BCUT2D eigenvalue weighted by Gasteiger charge is 2.12. The molecule has 0 aliphatic carbocycles. The zero-order chi connectivity index (χ0) is 11.7. The van der Waals surface area contributed by atoms with Crippen molar-refractivity contribution >= 4 is 0 Å². The number of hydrogen-bond acceptors (Lipinski definition) is 1. The van der Waals surface area contributed by atoms with Crippen molar-refractivity contribution in [3.05, 3.63) is 12.2 Å². The number of allylic oxidation sites excluding steroid dienone is 1. The Labute approximate surface area is 95.6 Å². The van der Waals surface area contributed by atoms with E-state index < -0.39 is 0 Å². The molecule has 0 spiro atoms. The lowest BCUT2D eigenvalue weighted by Gasteiger charge is -2.20. The van der Waals surface area contributed by atoms with Gasteiger partial charge in [0, 0.05) is 6.61 Å². The molecule has 0 fully saturated rings. The summed E-state index contributed by atoms with van der Waals surface area (Å²) in [4.78, 5) is 0. The summed E-state index contributed by atoms with van der Waals surface area (Å²) >= 11 is 0. The summed E-state index contributed by atoms with van der Waals surface area (Å²) in [6.07, 6.45) is 6.94. The molecule has 1 unspecified atom stereocenters. The molecule has 0 saturated carbocycles. The predicted octanol–water partition coefficient (Wildman–Crippen LogP) is 4.17. The van der Waals surface area contributed by atoms with Crippen molar-refractivity contribution in [3.63, 3.8) is 0 Å². The van der Waals surface area contributed by atoms with Crippen molar-refractivity contribution in [3.8, 4) is 0 Å². The number of rotatable bonds is 9. The SMILES string of the molecule is C=C(CC(C)CCCO)[C@H](CC)CCC. The van der Waals surface area contributed by atoms with Gasteiger partial charge in [-0.2, -0.15) is 0 Å². The zero-order valence-corrected chi connectivity index (χ0v) is 10.8. The first kappa shape index (κ1) is 14.7. The third-order valence-corrected chi connectivity index (χ3v) is 3.17. The topological polar surface area (TPSA) is 20.2 Å². The average molecular weight is 212 g/mol. The average Bonchev–Trinajstić information content (AvgIpc) is 2.22. The molecule has 0 amide bonds. The molecule has 0 saturated heterocycles. The first-order valence-electron chi connectivity index (χ1n) is 6.44. The van der Waals surface area contributed by atoms with Crippen molar-refractivity contribution < 1.29 is 5.11 Å². The van der Waals surface area contributed by atoms with E-state index in [0.717, 1.165) is 19.3 Å². The van der Waals surface area contributed by atoms with Gasteiger partial charge in [-0.3, -0.25) is 0 Å². The van der Waals surface area contributed by atoms with Crippen LogP contribution in [-0.4, -0.2) is 11.7 Å². The van der Waals surface area contributed by atoms with Crippen molar-refractivity contribution in [1.82, 2.24) is 0 Å². The van der Waals surface area contributed by atoms with Crippen LogP contribution in [0.4, 0.5) is 0 Å². The van der Waals surface area contributed by atoms with E-state index in [1.807, 2.05) is 0 Å². The number of aliphatic hydroxyl groups excluding tert-OH is 1. The van der Waals surface area contributed by atoms with Crippen LogP contribution in [0.25, 0.3) is 0 Å². The van der Waals surface area contributed by atoms with Crippen LogP contribution in [0.3, 0.4) is 0 Å². The predicted molar refractivity (Wildman–Crippen MR) is 67.9 cm³/mol. The molecule has 0 aromatic heterocycles.